The van der Waals surface area contributed by atoms with E-state index in [2.05, 4.69) is 37.1 Å². The van der Waals surface area contributed by atoms with Crippen LogP contribution in [-0.4, -0.2) is 52.9 Å². The van der Waals surface area contributed by atoms with Crippen LogP contribution in [0.3, 0.4) is 0 Å². The molecule has 0 bridgehead atoms. The van der Waals surface area contributed by atoms with Gasteiger partial charge in [0.15, 0.2) is 11.6 Å². The molecule has 1 N–H and O–H groups in total. The van der Waals surface area contributed by atoms with Gasteiger partial charge in [-0.25, -0.2) is 0 Å². The maximum absolute atomic E-state index is 12.4. The summed E-state index contributed by atoms with van der Waals surface area (Å²) in [6.45, 7) is 4.07. The van der Waals surface area contributed by atoms with Crippen molar-refractivity contribution < 1.29 is 18.7 Å². The molecule has 31 heavy (non-hydrogen) atoms. The quantitative estimate of drug-likeness (QED) is 0.590. The lowest BCUT2D eigenvalue weighted by Gasteiger charge is -2.19. The number of carbonyl (C=O) groups is 1. The fourth-order valence-corrected chi connectivity index (χ4v) is 3.67. The van der Waals surface area contributed by atoms with Crippen LogP contribution >= 0.6 is 0 Å². The lowest BCUT2D eigenvalue weighted by atomic mass is 10.2. The Morgan fingerprint density at radius 1 is 1.10 bits per heavy atom. The van der Waals surface area contributed by atoms with E-state index in [0.717, 1.165) is 50.0 Å². The van der Waals surface area contributed by atoms with Crippen LogP contribution in [0.1, 0.15) is 33.5 Å². The van der Waals surface area contributed by atoms with Crippen molar-refractivity contribution in [3.63, 3.8) is 0 Å². The topological polar surface area (TPSA) is 94.6 Å². The summed E-state index contributed by atoms with van der Waals surface area (Å²) in [7, 11) is 3.25. The number of nitrogens with zero attached hydrogens (tertiary/aromatic N) is 4. The fraction of sp³-hybridized carbons (Fsp3) is 0.409. The molecule has 0 saturated heterocycles. The Morgan fingerprint density at radius 3 is 2.71 bits per heavy atom. The van der Waals surface area contributed by atoms with Crippen LogP contribution in [0.15, 0.2) is 40.8 Å². The van der Waals surface area contributed by atoms with Crippen LogP contribution in [0.25, 0.3) is 0 Å². The highest BCUT2D eigenvalue weighted by Crippen LogP contribution is 2.16. The van der Waals surface area contributed by atoms with E-state index in [1.165, 1.54) is 5.56 Å². The van der Waals surface area contributed by atoms with E-state index in [-0.39, 0.29) is 11.7 Å². The number of aromatic nitrogens is 3. The van der Waals surface area contributed by atoms with Crippen molar-refractivity contribution in [2.75, 3.05) is 27.3 Å². The maximum Gasteiger partial charge on any atom is 0.287 e. The molecule has 0 fully saturated rings. The van der Waals surface area contributed by atoms with Gasteiger partial charge in [-0.2, -0.15) is 0 Å². The summed E-state index contributed by atoms with van der Waals surface area (Å²) in [6.07, 6.45) is 0.815. The first-order valence-electron chi connectivity index (χ1n) is 10.3. The molecule has 0 aliphatic carbocycles. The van der Waals surface area contributed by atoms with Gasteiger partial charge in [-0.15, -0.1) is 10.2 Å². The third-order valence-electron chi connectivity index (χ3n) is 5.34. The second-order valence-electron chi connectivity index (χ2n) is 7.44. The maximum atomic E-state index is 12.4. The average molecular weight is 425 g/mol. The smallest absolute Gasteiger partial charge is 0.287 e. The highest BCUT2D eigenvalue weighted by molar-refractivity contribution is 5.91. The summed E-state index contributed by atoms with van der Waals surface area (Å²) < 4.78 is 17.8. The largest absolute Gasteiger partial charge is 0.497 e. The number of hydrogen-bond donors (Lipinski definition) is 1. The number of ether oxygens (including phenoxy) is 2. The number of nitrogens with one attached hydrogen (secondary N) is 1. The van der Waals surface area contributed by atoms with Crippen molar-refractivity contribution in [1.29, 1.82) is 0 Å². The first kappa shape index (κ1) is 21.1. The van der Waals surface area contributed by atoms with Gasteiger partial charge in [-0.3, -0.25) is 9.69 Å². The van der Waals surface area contributed by atoms with Crippen molar-refractivity contribution >= 4 is 5.91 Å². The van der Waals surface area contributed by atoms with Gasteiger partial charge in [0, 0.05) is 39.7 Å². The van der Waals surface area contributed by atoms with Crippen molar-refractivity contribution in [3.05, 3.63) is 65.1 Å². The van der Waals surface area contributed by atoms with Crippen LogP contribution in [0.4, 0.5) is 0 Å². The number of methoxy groups -OCH3 is 2. The zero-order chi connectivity index (χ0) is 21.6. The summed E-state index contributed by atoms with van der Waals surface area (Å²) in [5.74, 6) is 3.14. The van der Waals surface area contributed by atoms with Crippen LogP contribution in [-0.2, 0) is 37.4 Å². The van der Waals surface area contributed by atoms with Gasteiger partial charge in [-0.1, -0.05) is 12.1 Å². The minimum Gasteiger partial charge on any atom is -0.497 e. The van der Waals surface area contributed by atoms with Crippen LogP contribution < -0.4 is 10.1 Å². The Morgan fingerprint density at radius 2 is 1.94 bits per heavy atom. The molecule has 1 amide bonds. The molecule has 0 saturated carbocycles. The zero-order valence-corrected chi connectivity index (χ0v) is 17.8. The molecule has 164 valence electrons. The summed E-state index contributed by atoms with van der Waals surface area (Å²) in [5, 5.41) is 11.5. The minimum absolute atomic E-state index is 0.258. The third-order valence-corrected chi connectivity index (χ3v) is 5.34. The molecular weight excluding hydrogens is 398 g/mol. The van der Waals surface area contributed by atoms with Crippen molar-refractivity contribution in [2.24, 2.45) is 0 Å². The molecule has 0 radical (unpaired) electrons. The van der Waals surface area contributed by atoms with E-state index in [1.807, 2.05) is 12.1 Å². The lowest BCUT2D eigenvalue weighted by Crippen LogP contribution is -2.27. The zero-order valence-electron chi connectivity index (χ0n) is 17.8. The average Bonchev–Trinajstić information content (AvgIpc) is 3.36. The van der Waals surface area contributed by atoms with Gasteiger partial charge in [0.2, 0.25) is 0 Å². The van der Waals surface area contributed by atoms with Crippen molar-refractivity contribution in [1.82, 2.24) is 25.0 Å². The second kappa shape index (κ2) is 9.76. The fourth-order valence-electron chi connectivity index (χ4n) is 3.67. The first-order valence-corrected chi connectivity index (χ1v) is 10.3. The molecule has 2 aromatic heterocycles. The molecule has 1 aliphatic heterocycles. The van der Waals surface area contributed by atoms with E-state index in [1.54, 1.807) is 26.4 Å². The molecule has 3 heterocycles. The van der Waals surface area contributed by atoms with Crippen LogP contribution in [0.2, 0.25) is 0 Å². The van der Waals surface area contributed by atoms with E-state index >= 15 is 0 Å². The molecule has 1 aliphatic rings. The van der Waals surface area contributed by atoms with Gasteiger partial charge < -0.3 is 23.8 Å². The summed E-state index contributed by atoms with van der Waals surface area (Å²) in [4.78, 5) is 14.8. The van der Waals surface area contributed by atoms with Crippen molar-refractivity contribution in [3.8, 4) is 5.75 Å². The molecule has 0 spiro atoms. The van der Waals surface area contributed by atoms with Crippen molar-refractivity contribution in [2.45, 2.75) is 32.7 Å². The normalized spacial score (nSPS) is 14.1. The van der Waals surface area contributed by atoms with Gasteiger partial charge in [-0.05, 0) is 29.8 Å². The number of amides is 1. The SMILES string of the molecule is COCc1ccc(C(=O)NCc2nnc3n2CCN(Cc2ccc(OC)cc2)CC3)o1. The lowest BCUT2D eigenvalue weighted by molar-refractivity contribution is 0.0913. The minimum atomic E-state index is -0.283. The van der Waals surface area contributed by atoms with Crippen LogP contribution in [0.5, 0.6) is 5.75 Å². The Labute approximate surface area is 181 Å². The second-order valence-corrected chi connectivity index (χ2v) is 7.44. The Kier molecular flexibility index (Phi) is 6.63. The molecule has 3 aromatic rings. The predicted octanol–water partition coefficient (Wildman–Crippen LogP) is 2.01. The molecule has 9 heteroatoms. The monoisotopic (exact) mass is 425 g/mol. The number of carbonyl (C=O) groups excluding carboxylic acids is 1. The number of furan rings is 1. The van der Waals surface area contributed by atoms with Gasteiger partial charge in [0.25, 0.3) is 5.91 Å². The molecular formula is C22H27N5O4. The molecule has 0 unspecified atom stereocenters. The van der Waals surface area contributed by atoms with E-state index in [0.29, 0.717) is 18.9 Å². The number of rotatable bonds is 8. The predicted molar refractivity (Wildman–Crippen MR) is 113 cm³/mol. The molecule has 9 nitrogen and oxygen atoms in total. The van der Waals surface area contributed by atoms with E-state index in [9.17, 15) is 4.79 Å². The number of fused-ring (bicyclic) bond motifs is 1. The Balaban J connectivity index is 1.33. The van der Waals surface area contributed by atoms with E-state index in [4.69, 9.17) is 13.9 Å². The van der Waals surface area contributed by atoms with E-state index < -0.39 is 0 Å². The Bertz CT molecular complexity index is 1010. The summed E-state index contributed by atoms with van der Waals surface area (Å²) in [6, 6.07) is 11.5. The first-order chi connectivity index (χ1) is 15.2. The third kappa shape index (κ3) is 5.12. The standard InChI is InChI=1S/C22H27N5O4/c1-29-15-18-7-8-19(31-18)22(28)23-13-21-25-24-20-9-10-26(11-12-27(20)21)14-16-3-5-17(30-2)6-4-16/h3-8H,9-15H2,1-2H3,(H,23,28). The van der Waals surface area contributed by atoms with Crippen LogP contribution in [0, 0.1) is 0 Å². The molecule has 0 atom stereocenters. The number of hydrogen-bond acceptors (Lipinski definition) is 7. The highest BCUT2D eigenvalue weighted by atomic mass is 16.5. The van der Waals surface area contributed by atoms with Gasteiger partial charge >= 0.3 is 0 Å². The number of benzene rings is 1. The molecule has 1 aromatic carbocycles. The summed E-state index contributed by atoms with van der Waals surface area (Å²) >= 11 is 0. The Hall–Kier alpha value is -3.17. The highest BCUT2D eigenvalue weighted by Gasteiger charge is 2.20. The molecule has 4 rings (SSSR count). The van der Waals surface area contributed by atoms with Gasteiger partial charge in [0.1, 0.15) is 23.9 Å². The summed E-state index contributed by atoms with van der Waals surface area (Å²) in [5.41, 5.74) is 1.25. The van der Waals surface area contributed by atoms with Gasteiger partial charge in [0.05, 0.1) is 13.7 Å².